The van der Waals surface area contributed by atoms with Gasteiger partial charge in [-0.1, -0.05) is 36.9 Å². The summed E-state index contributed by atoms with van der Waals surface area (Å²) in [5, 5.41) is 12.3. The number of halogens is 1. The SMILES string of the molecule is O=C(CC1(C(=O)O)CCCCC1)Nc1cccc(Cl)n1. The largest absolute Gasteiger partial charge is 0.481 e. The Balaban J connectivity index is 2.03. The van der Waals surface area contributed by atoms with Crippen LogP contribution in [0.4, 0.5) is 5.82 Å². The number of nitrogens with one attached hydrogen (secondary N) is 1. The van der Waals surface area contributed by atoms with Gasteiger partial charge >= 0.3 is 5.97 Å². The number of anilines is 1. The molecule has 1 aliphatic rings. The molecule has 0 aliphatic heterocycles. The van der Waals surface area contributed by atoms with E-state index in [9.17, 15) is 14.7 Å². The fourth-order valence-electron chi connectivity index (χ4n) is 2.67. The Bertz CT molecular complexity index is 513. The second-order valence-electron chi connectivity index (χ2n) is 5.22. The van der Waals surface area contributed by atoms with Crippen LogP contribution in [0.15, 0.2) is 18.2 Å². The van der Waals surface area contributed by atoms with Crippen molar-refractivity contribution in [3.05, 3.63) is 23.4 Å². The third-order valence-corrected chi connectivity index (χ3v) is 3.96. The zero-order chi connectivity index (χ0) is 14.6. The molecule has 0 radical (unpaired) electrons. The summed E-state index contributed by atoms with van der Waals surface area (Å²) in [5.74, 6) is -0.866. The molecular formula is C14H17ClN2O3. The van der Waals surface area contributed by atoms with Gasteiger partial charge in [-0.05, 0) is 25.0 Å². The van der Waals surface area contributed by atoms with Crippen molar-refractivity contribution in [2.45, 2.75) is 38.5 Å². The number of pyridine rings is 1. The molecule has 0 bridgehead atoms. The predicted molar refractivity (Wildman–Crippen MR) is 75.6 cm³/mol. The summed E-state index contributed by atoms with van der Waals surface area (Å²) in [5.41, 5.74) is -0.930. The van der Waals surface area contributed by atoms with E-state index in [1.54, 1.807) is 18.2 Å². The van der Waals surface area contributed by atoms with E-state index in [1.807, 2.05) is 0 Å². The fourth-order valence-corrected chi connectivity index (χ4v) is 2.83. The van der Waals surface area contributed by atoms with Crippen LogP contribution in [0.25, 0.3) is 0 Å². The van der Waals surface area contributed by atoms with E-state index in [2.05, 4.69) is 10.3 Å². The van der Waals surface area contributed by atoms with Crippen LogP contribution in [0.3, 0.4) is 0 Å². The van der Waals surface area contributed by atoms with Crippen molar-refractivity contribution in [1.82, 2.24) is 4.98 Å². The number of hydrogen-bond acceptors (Lipinski definition) is 3. The Kier molecular flexibility index (Phi) is 4.60. The minimum atomic E-state index is -0.930. The zero-order valence-electron chi connectivity index (χ0n) is 11.1. The monoisotopic (exact) mass is 296 g/mol. The molecule has 0 aromatic carbocycles. The molecule has 1 fully saturated rings. The number of carbonyl (C=O) groups excluding carboxylic acids is 1. The maximum atomic E-state index is 12.0. The highest BCUT2D eigenvalue weighted by Crippen LogP contribution is 2.39. The van der Waals surface area contributed by atoms with Gasteiger partial charge in [0.25, 0.3) is 0 Å². The van der Waals surface area contributed by atoms with Crippen LogP contribution in [-0.2, 0) is 9.59 Å². The highest BCUT2D eigenvalue weighted by molar-refractivity contribution is 6.29. The number of hydrogen-bond donors (Lipinski definition) is 2. The molecule has 1 aromatic heterocycles. The summed E-state index contributed by atoms with van der Waals surface area (Å²) in [7, 11) is 0. The van der Waals surface area contributed by atoms with Crippen molar-refractivity contribution in [2.24, 2.45) is 5.41 Å². The van der Waals surface area contributed by atoms with Crippen molar-refractivity contribution in [3.8, 4) is 0 Å². The topological polar surface area (TPSA) is 79.3 Å². The Morgan fingerprint density at radius 1 is 1.30 bits per heavy atom. The molecule has 0 unspecified atom stereocenters. The molecule has 20 heavy (non-hydrogen) atoms. The fraction of sp³-hybridized carbons (Fsp3) is 0.500. The van der Waals surface area contributed by atoms with Crippen molar-refractivity contribution in [2.75, 3.05) is 5.32 Å². The first-order valence-corrected chi connectivity index (χ1v) is 7.05. The van der Waals surface area contributed by atoms with Crippen molar-refractivity contribution in [3.63, 3.8) is 0 Å². The minimum absolute atomic E-state index is 0.0173. The van der Waals surface area contributed by atoms with Crippen molar-refractivity contribution >= 4 is 29.3 Å². The average molecular weight is 297 g/mol. The Morgan fingerprint density at radius 3 is 2.60 bits per heavy atom. The molecule has 2 rings (SSSR count). The van der Waals surface area contributed by atoms with Gasteiger partial charge in [0.15, 0.2) is 0 Å². The van der Waals surface area contributed by atoms with Gasteiger partial charge in [-0.15, -0.1) is 0 Å². The number of amides is 1. The van der Waals surface area contributed by atoms with E-state index in [0.717, 1.165) is 19.3 Å². The lowest BCUT2D eigenvalue weighted by molar-refractivity contribution is -0.153. The molecule has 5 nitrogen and oxygen atoms in total. The normalized spacial score (nSPS) is 17.4. The molecule has 1 saturated carbocycles. The van der Waals surface area contributed by atoms with Gasteiger partial charge in [0.05, 0.1) is 5.41 Å². The number of carbonyl (C=O) groups is 2. The third kappa shape index (κ3) is 3.48. The van der Waals surface area contributed by atoms with Crippen LogP contribution >= 0.6 is 11.6 Å². The summed E-state index contributed by atoms with van der Waals surface area (Å²) in [6.07, 6.45) is 3.84. The molecule has 0 saturated heterocycles. The van der Waals surface area contributed by atoms with E-state index >= 15 is 0 Å². The molecule has 0 spiro atoms. The van der Waals surface area contributed by atoms with Crippen molar-refractivity contribution < 1.29 is 14.7 Å². The van der Waals surface area contributed by atoms with Gasteiger partial charge in [-0.25, -0.2) is 4.98 Å². The van der Waals surface area contributed by atoms with Gasteiger partial charge < -0.3 is 10.4 Å². The lowest BCUT2D eigenvalue weighted by Crippen LogP contribution is -2.37. The lowest BCUT2D eigenvalue weighted by Gasteiger charge is -2.32. The average Bonchev–Trinajstić information content (AvgIpc) is 2.39. The molecule has 6 heteroatoms. The van der Waals surface area contributed by atoms with Gasteiger partial charge in [0, 0.05) is 6.42 Å². The Labute approximate surface area is 122 Å². The highest BCUT2D eigenvalue weighted by atomic mass is 35.5. The third-order valence-electron chi connectivity index (χ3n) is 3.75. The summed E-state index contributed by atoms with van der Waals surface area (Å²) in [4.78, 5) is 27.5. The summed E-state index contributed by atoms with van der Waals surface area (Å²) < 4.78 is 0. The summed E-state index contributed by atoms with van der Waals surface area (Å²) in [6.45, 7) is 0. The van der Waals surface area contributed by atoms with Gasteiger partial charge in [-0.3, -0.25) is 9.59 Å². The van der Waals surface area contributed by atoms with E-state index in [0.29, 0.717) is 18.7 Å². The number of aromatic nitrogens is 1. The number of nitrogens with zero attached hydrogens (tertiary/aromatic N) is 1. The van der Waals surface area contributed by atoms with Crippen molar-refractivity contribution in [1.29, 1.82) is 0 Å². The molecular weight excluding hydrogens is 280 g/mol. The van der Waals surface area contributed by atoms with Gasteiger partial charge in [0.1, 0.15) is 11.0 Å². The predicted octanol–water partition coefficient (Wildman–Crippen LogP) is 3.10. The molecule has 1 aromatic rings. The van der Waals surface area contributed by atoms with Gasteiger partial charge in [-0.2, -0.15) is 0 Å². The zero-order valence-corrected chi connectivity index (χ0v) is 11.8. The first-order valence-electron chi connectivity index (χ1n) is 6.68. The van der Waals surface area contributed by atoms with E-state index in [-0.39, 0.29) is 17.5 Å². The molecule has 2 N–H and O–H groups in total. The first kappa shape index (κ1) is 14.8. The molecule has 1 amide bonds. The van der Waals surface area contributed by atoms with Gasteiger partial charge in [0.2, 0.25) is 5.91 Å². The number of rotatable bonds is 4. The maximum absolute atomic E-state index is 12.0. The second kappa shape index (κ2) is 6.22. The molecule has 1 heterocycles. The highest BCUT2D eigenvalue weighted by Gasteiger charge is 2.41. The van der Waals surface area contributed by atoms with Crippen LogP contribution in [0.1, 0.15) is 38.5 Å². The number of carboxylic acids is 1. The van der Waals surface area contributed by atoms with Crippen LogP contribution in [0, 0.1) is 5.41 Å². The minimum Gasteiger partial charge on any atom is -0.481 e. The first-order chi connectivity index (χ1) is 9.52. The van der Waals surface area contributed by atoms with Crippen LogP contribution in [0.2, 0.25) is 5.15 Å². The second-order valence-corrected chi connectivity index (χ2v) is 5.60. The van der Waals surface area contributed by atoms with E-state index in [1.165, 1.54) is 0 Å². The number of aliphatic carboxylic acids is 1. The summed E-state index contributed by atoms with van der Waals surface area (Å²) >= 11 is 5.74. The molecule has 0 atom stereocenters. The standard InChI is InChI=1S/C14H17ClN2O3/c15-10-5-4-6-11(16-10)17-12(18)9-14(13(19)20)7-2-1-3-8-14/h4-6H,1-3,7-9H2,(H,19,20)(H,16,17,18). The van der Waals surface area contributed by atoms with Crippen LogP contribution in [0.5, 0.6) is 0 Å². The van der Waals surface area contributed by atoms with E-state index < -0.39 is 11.4 Å². The molecule has 1 aliphatic carbocycles. The lowest BCUT2D eigenvalue weighted by atomic mass is 9.71. The quantitative estimate of drug-likeness (QED) is 0.837. The smallest absolute Gasteiger partial charge is 0.310 e. The number of carboxylic acid groups (broad SMARTS) is 1. The Hall–Kier alpha value is -1.62. The summed E-state index contributed by atoms with van der Waals surface area (Å²) in [6, 6.07) is 4.91. The van der Waals surface area contributed by atoms with Crippen LogP contribution < -0.4 is 5.32 Å². The van der Waals surface area contributed by atoms with E-state index in [4.69, 9.17) is 11.6 Å². The van der Waals surface area contributed by atoms with Crippen LogP contribution in [-0.4, -0.2) is 22.0 Å². The molecule has 108 valence electrons. The maximum Gasteiger partial charge on any atom is 0.310 e. The Morgan fingerprint density at radius 2 is 2.00 bits per heavy atom.